The molecule has 0 aliphatic carbocycles. The number of carbonyl (C=O) groups is 1. The Morgan fingerprint density at radius 1 is 1.24 bits per heavy atom. The van der Waals surface area contributed by atoms with Crippen LogP contribution in [-0.2, 0) is 11.3 Å². The smallest absolute Gasteiger partial charge is 0.246 e. The number of hydrogen-bond donors (Lipinski definition) is 2. The summed E-state index contributed by atoms with van der Waals surface area (Å²) in [5.41, 5.74) is 2.79. The highest BCUT2D eigenvalue weighted by molar-refractivity contribution is 6.31. The summed E-state index contributed by atoms with van der Waals surface area (Å²) >= 11 is 6.01. The Balaban J connectivity index is 1.73. The van der Waals surface area contributed by atoms with E-state index in [1.54, 1.807) is 13.2 Å². The third-order valence-electron chi connectivity index (χ3n) is 3.51. The number of nitrogens with one attached hydrogen (secondary N) is 2. The van der Waals surface area contributed by atoms with Crippen LogP contribution in [0.2, 0.25) is 5.02 Å². The van der Waals surface area contributed by atoms with E-state index in [2.05, 4.69) is 10.6 Å². The number of anilines is 1. The van der Waals surface area contributed by atoms with Crippen LogP contribution in [0.5, 0.6) is 5.75 Å². The zero-order chi connectivity index (χ0) is 14.8. The first-order valence-electron chi connectivity index (χ1n) is 6.64. The highest BCUT2D eigenvalue weighted by Gasteiger charge is 2.30. The van der Waals surface area contributed by atoms with Crippen molar-refractivity contribution in [3.8, 4) is 5.75 Å². The van der Waals surface area contributed by atoms with Gasteiger partial charge in [0.25, 0.3) is 0 Å². The lowest BCUT2D eigenvalue weighted by atomic mass is 10.1. The lowest BCUT2D eigenvalue weighted by Crippen LogP contribution is -2.27. The standard InChI is InChI=1S/C16H15ClN2O2/c1-21-12-5-2-10(3-6-12)9-18-15-13-8-11(17)4-7-14(13)19-16(15)20/h2-8,15,18H,9H2,1H3,(H,19,20). The van der Waals surface area contributed by atoms with E-state index in [0.29, 0.717) is 11.6 Å². The average Bonchev–Trinajstić information content (AvgIpc) is 2.80. The molecule has 21 heavy (non-hydrogen) atoms. The van der Waals surface area contributed by atoms with Crippen LogP contribution >= 0.6 is 11.6 Å². The van der Waals surface area contributed by atoms with Crippen LogP contribution in [0.15, 0.2) is 42.5 Å². The van der Waals surface area contributed by atoms with Gasteiger partial charge in [0, 0.05) is 22.8 Å². The Bertz CT molecular complexity index is 670. The van der Waals surface area contributed by atoms with Gasteiger partial charge in [-0.15, -0.1) is 0 Å². The second kappa shape index (κ2) is 5.76. The molecule has 1 atom stereocenters. The number of amides is 1. The first-order chi connectivity index (χ1) is 10.2. The van der Waals surface area contributed by atoms with Crippen LogP contribution in [0, 0.1) is 0 Å². The second-order valence-corrected chi connectivity index (χ2v) is 5.32. The van der Waals surface area contributed by atoms with Crippen molar-refractivity contribution in [2.24, 2.45) is 0 Å². The van der Waals surface area contributed by atoms with Crippen LogP contribution in [0.3, 0.4) is 0 Å². The van der Waals surface area contributed by atoms with Crippen LogP contribution < -0.4 is 15.4 Å². The summed E-state index contributed by atoms with van der Waals surface area (Å²) in [4.78, 5) is 12.0. The Morgan fingerprint density at radius 3 is 2.71 bits per heavy atom. The number of fused-ring (bicyclic) bond motifs is 1. The third-order valence-corrected chi connectivity index (χ3v) is 3.75. The van der Waals surface area contributed by atoms with E-state index < -0.39 is 0 Å². The molecule has 0 aromatic heterocycles. The molecule has 0 spiro atoms. The van der Waals surface area contributed by atoms with E-state index in [1.807, 2.05) is 36.4 Å². The summed E-state index contributed by atoms with van der Waals surface area (Å²) in [6.45, 7) is 0.591. The number of hydrogen-bond acceptors (Lipinski definition) is 3. The molecule has 1 heterocycles. The van der Waals surface area contributed by atoms with Gasteiger partial charge in [0.1, 0.15) is 11.8 Å². The van der Waals surface area contributed by atoms with Gasteiger partial charge in [-0.2, -0.15) is 0 Å². The second-order valence-electron chi connectivity index (χ2n) is 4.88. The number of rotatable bonds is 4. The molecule has 2 aromatic rings. The van der Waals surface area contributed by atoms with Crippen LogP contribution in [0.1, 0.15) is 17.2 Å². The number of methoxy groups -OCH3 is 1. The summed E-state index contributed by atoms with van der Waals surface area (Å²) in [7, 11) is 1.64. The third kappa shape index (κ3) is 2.86. The molecule has 108 valence electrons. The fraction of sp³-hybridized carbons (Fsp3) is 0.188. The first kappa shape index (κ1) is 13.9. The van der Waals surface area contributed by atoms with E-state index in [-0.39, 0.29) is 11.9 Å². The highest BCUT2D eigenvalue weighted by Crippen LogP contribution is 2.33. The molecule has 1 unspecified atom stereocenters. The summed E-state index contributed by atoms with van der Waals surface area (Å²) in [5, 5.41) is 6.73. The van der Waals surface area contributed by atoms with Crippen LogP contribution in [0.25, 0.3) is 0 Å². The Morgan fingerprint density at radius 2 is 2.00 bits per heavy atom. The van der Waals surface area contributed by atoms with Crippen molar-refractivity contribution in [2.45, 2.75) is 12.6 Å². The molecule has 2 N–H and O–H groups in total. The van der Waals surface area contributed by atoms with Crippen LogP contribution in [0.4, 0.5) is 5.69 Å². The minimum Gasteiger partial charge on any atom is -0.497 e. The Kier molecular flexibility index (Phi) is 3.82. The Hall–Kier alpha value is -2.04. The maximum atomic E-state index is 12.0. The molecule has 0 bridgehead atoms. The van der Waals surface area contributed by atoms with E-state index in [0.717, 1.165) is 22.6 Å². The molecule has 1 aliphatic heterocycles. The molecule has 0 saturated heterocycles. The minimum atomic E-state index is -0.374. The van der Waals surface area contributed by atoms with Crippen molar-refractivity contribution < 1.29 is 9.53 Å². The van der Waals surface area contributed by atoms with Crippen molar-refractivity contribution >= 4 is 23.2 Å². The topological polar surface area (TPSA) is 50.4 Å². The van der Waals surface area contributed by atoms with Gasteiger partial charge in [0.05, 0.1) is 7.11 Å². The maximum absolute atomic E-state index is 12.0. The van der Waals surface area contributed by atoms with E-state index in [4.69, 9.17) is 16.3 Å². The van der Waals surface area contributed by atoms with E-state index in [1.165, 1.54) is 0 Å². The van der Waals surface area contributed by atoms with Gasteiger partial charge in [0.15, 0.2) is 0 Å². The molecule has 1 amide bonds. The predicted octanol–water partition coefficient (Wildman–Crippen LogP) is 3.13. The van der Waals surface area contributed by atoms with Gasteiger partial charge in [-0.25, -0.2) is 0 Å². The summed E-state index contributed by atoms with van der Waals surface area (Å²) in [5.74, 6) is 0.760. The molecule has 0 radical (unpaired) electrons. The number of carbonyl (C=O) groups excluding carboxylic acids is 1. The molecule has 0 saturated carbocycles. The first-order valence-corrected chi connectivity index (χ1v) is 7.02. The van der Waals surface area contributed by atoms with Crippen molar-refractivity contribution in [3.63, 3.8) is 0 Å². The molecule has 0 fully saturated rings. The average molecular weight is 303 g/mol. The summed E-state index contributed by atoms with van der Waals surface area (Å²) < 4.78 is 5.12. The van der Waals surface area contributed by atoms with Gasteiger partial charge in [-0.05, 0) is 35.9 Å². The van der Waals surface area contributed by atoms with Crippen molar-refractivity contribution in [3.05, 3.63) is 58.6 Å². The van der Waals surface area contributed by atoms with Gasteiger partial charge >= 0.3 is 0 Å². The van der Waals surface area contributed by atoms with Crippen molar-refractivity contribution in [1.82, 2.24) is 5.32 Å². The van der Waals surface area contributed by atoms with Gasteiger partial charge in [0.2, 0.25) is 5.91 Å². The predicted molar refractivity (Wildman–Crippen MR) is 82.7 cm³/mol. The normalized spacial score (nSPS) is 16.5. The molecular weight excluding hydrogens is 288 g/mol. The molecule has 2 aromatic carbocycles. The summed E-state index contributed by atoms with van der Waals surface area (Å²) in [6, 6.07) is 12.8. The van der Waals surface area contributed by atoms with E-state index >= 15 is 0 Å². The zero-order valence-electron chi connectivity index (χ0n) is 11.5. The molecule has 1 aliphatic rings. The molecule has 5 heteroatoms. The largest absolute Gasteiger partial charge is 0.497 e. The van der Waals surface area contributed by atoms with Gasteiger partial charge in [-0.1, -0.05) is 23.7 Å². The number of benzene rings is 2. The number of ether oxygens (including phenoxy) is 1. The lowest BCUT2D eigenvalue weighted by Gasteiger charge is -2.12. The van der Waals surface area contributed by atoms with Crippen LogP contribution in [-0.4, -0.2) is 13.0 Å². The maximum Gasteiger partial charge on any atom is 0.246 e. The minimum absolute atomic E-state index is 0.0548. The highest BCUT2D eigenvalue weighted by atomic mass is 35.5. The fourth-order valence-electron chi connectivity index (χ4n) is 2.40. The molecular formula is C16H15ClN2O2. The number of halogens is 1. The Labute approximate surface area is 128 Å². The quantitative estimate of drug-likeness (QED) is 0.912. The lowest BCUT2D eigenvalue weighted by molar-refractivity contribution is -0.117. The fourth-order valence-corrected chi connectivity index (χ4v) is 2.58. The van der Waals surface area contributed by atoms with Gasteiger partial charge in [-0.3, -0.25) is 10.1 Å². The van der Waals surface area contributed by atoms with Crippen molar-refractivity contribution in [2.75, 3.05) is 12.4 Å². The molecule has 3 rings (SSSR count). The van der Waals surface area contributed by atoms with Crippen molar-refractivity contribution in [1.29, 1.82) is 0 Å². The summed E-state index contributed by atoms with van der Waals surface area (Å²) in [6.07, 6.45) is 0. The monoisotopic (exact) mass is 302 g/mol. The molecule has 4 nitrogen and oxygen atoms in total. The van der Waals surface area contributed by atoms with Gasteiger partial charge < -0.3 is 10.1 Å². The SMILES string of the molecule is COc1ccc(CNC2C(=O)Nc3ccc(Cl)cc32)cc1. The van der Waals surface area contributed by atoms with E-state index in [9.17, 15) is 4.79 Å². The zero-order valence-corrected chi connectivity index (χ0v) is 12.3.